The van der Waals surface area contributed by atoms with Crippen molar-refractivity contribution in [3.8, 4) is 16.9 Å². The van der Waals surface area contributed by atoms with Gasteiger partial charge in [0.1, 0.15) is 5.75 Å². The number of nitrogens with zero attached hydrogens (tertiary/aromatic N) is 5. The summed E-state index contributed by atoms with van der Waals surface area (Å²) in [5.74, 6) is -1.02. The number of aromatic nitrogens is 4. The molecule has 12 heteroatoms. The monoisotopic (exact) mass is 541 g/mol. The molecule has 0 saturated carbocycles. The van der Waals surface area contributed by atoms with Gasteiger partial charge in [0.25, 0.3) is 5.91 Å². The summed E-state index contributed by atoms with van der Waals surface area (Å²) in [5.41, 5.74) is 4.53. The molecule has 1 amide bonds. The minimum atomic E-state index is -5.08. The molecule has 0 radical (unpaired) electrons. The Morgan fingerprint density at radius 1 is 1.10 bits per heavy atom. The summed E-state index contributed by atoms with van der Waals surface area (Å²) in [6.45, 7) is 3.31. The fraction of sp³-hybridized carbons (Fsp3) is 0.296. The van der Waals surface area contributed by atoms with Crippen LogP contribution in [0.15, 0.2) is 61.1 Å². The molecule has 1 atom stereocenters. The van der Waals surface area contributed by atoms with Crippen LogP contribution in [-0.2, 0) is 4.79 Å². The number of pyridine rings is 2. The smallest absolute Gasteiger partial charge is 0.490 e. The Hall–Kier alpha value is -4.48. The number of aliphatic carboxylic acids is 1. The van der Waals surface area contributed by atoms with Crippen LogP contribution in [0.25, 0.3) is 16.8 Å². The van der Waals surface area contributed by atoms with Gasteiger partial charge in [-0.25, -0.2) is 14.3 Å². The third-order valence-corrected chi connectivity index (χ3v) is 6.19. The number of fused-ring (bicyclic) bond motifs is 1. The fourth-order valence-electron chi connectivity index (χ4n) is 4.27. The minimum absolute atomic E-state index is 0.0231. The molecule has 1 fully saturated rings. The van der Waals surface area contributed by atoms with E-state index in [1.54, 1.807) is 19.5 Å². The standard InChI is InChI=1S/C25H25N5O2.C2HF3O2/c1-17-11-21(14-26-13-17)25(31)29-10-4-6-20(15-29)24-27-23-9-8-19(16-30(23)28-24)18-5-3-7-22(12-18)32-2;3-2(4,5)1(6)7/h3,5,7-9,11-14,16,20H,4,6,10,15H2,1-2H3;(H,6,7). The lowest BCUT2D eigenvalue weighted by molar-refractivity contribution is -0.192. The highest BCUT2D eigenvalue weighted by molar-refractivity contribution is 5.94. The first-order chi connectivity index (χ1) is 18.5. The van der Waals surface area contributed by atoms with Gasteiger partial charge in [0, 0.05) is 43.2 Å². The SMILES string of the molecule is COc1cccc(-c2ccc3nc(C4CCCN(C(=O)c5cncc(C)c5)C4)nn3c2)c1.O=C(O)C(F)(F)F. The first-order valence-electron chi connectivity index (χ1n) is 12.1. The molecule has 3 aromatic heterocycles. The lowest BCUT2D eigenvalue weighted by atomic mass is 9.97. The second-order valence-corrected chi connectivity index (χ2v) is 9.07. The van der Waals surface area contributed by atoms with E-state index >= 15 is 0 Å². The molecule has 4 heterocycles. The number of rotatable bonds is 4. The van der Waals surface area contributed by atoms with Crippen molar-refractivity contribution in [1.29, 1.82) is 0 Å². The first-order valence-corrected chi connectivity index (χ1v) is 12.1. The molecule has 1 saturated heterocycles. The predicted octanol–water partition coefficient (Wildman–Crippen LogP) is 4.76. The van der Waals surface area contributed by atoms with Crippen LogP contribution in [0.1, 0.15) is 40.5 Å². The minimum Gasteiger partial charge on any atom is -0.497 e. The summed E-state index contributed by atoms with van der Waals surface area (Å²) >= 11 is 0. The highest BCUT2D eigenvalue weighted by Crippen LogP contribution is 2.28. The third-order valence-electron chi connectivity index (χ3n) is 6.19. The number of carboxylic acid groups (broad SMARTS) is 1. The van der Waals surface area contributed by atoms with Gasteiger partial charge in [-0.05, 0) is 61.2 Å². The molecule has 5 rings (SSSR count). The third kappa shape index (κ3) is 6.70. The van der Waals surface area contributed by atoms with Crippen LogP contribution >= 0.6 is 0 Å². The average molecular weight is 542 g/mol. The molecular weight excluding hydrogens is 515 g/mol. The van der Waals surface area contributed by atoms with Gasteiger partial charge in [0.2, 0.25) is 0 Å². The van der Waals surface area contributed by atoms with Gasteiger partial charge in [0.15, 0.2) is 11.5 Å². The van der Waals surface area contributed by atoms with E-state index in [0.717, 1.165) is 53.3 Å². The van der Waals surface area contributed by atoms with Crippen LogP contribution in [0.3, 0.4) is 0 Å². The largest absolute Gasteiger partial charge is 0.497 e. The van der Waals surface area contributed by atoms with Crippen molar-refractivity contribution in [1.82, 2.24) is 24.5 Å². The van der Waals surface area contributed by atoms with E-state index in [4.69, 9.17) is 24.7 Å². The van der Waals surface area contributed by atoms with Crippen molar-refractivity contribution in [2.24, 2.45) is 0 Å². The molecule has 39 heavy (non-hydrogen) atoms. The molecule has 0 spiro atoms. The molecule has 204 valence electrons. The van der Waals surface area contributed by atoms with Crippen molar-refractivity contribution < 1.29 is 32.6 Å². The van der Waals surface area contributed by atoms with Crippen LogP contribution in [-0.4, -0.2) is 67.8 Å². The van der Waals surface area contributed by atoms with Crippen molar-refractivity contribution in [2.75, 3.05) is 20.2 Å². The molecule has 1 unspecified atom stereocenters. The number of ether oxygens (including phenoxy) is 1. The van der Waals surface area contributed by atoms with E-state index in [9.17, 15) is 18.0 Å². The van der Waals surface area contributed by atoms with Crippen molar-refractivity contribution >= 4 is 17.5 Å². The highest BCUT2D eigenvalue weighted by Gasteiger charge is 2.38. The summed E-state index contributed by atoms with van der Waals surface area (Å²) in [6.07, 6.45) is 2.21. The van der Waals surface area contributed by atoms with Gasteiger partial charge < -0.3 is 14.7 Å². The van der Waals surface area contributed by atoms with Crippen LogP contribution < -0.4 is 4.74 Å². The molecule has 4 aromatic rings. The van der Waals surface area contributed by atoms with E-state index in [2.05, 4.69) is 4.98 Å². The molecule has 9 nitrogen and oxygen atoms in total. The zero-order valence-corrected chi connectivity index (χ0v) is 21.2. The van der Waals surface area contributed by atoms with Gasteiger partial charge in [-0.2, -0.15) is 18.3 Å². The predicted molar refractivity (Wildman–Crippen MR) is 136 cm³/mol. The summed E-state index contributed by atoms with van der Waals surface area (Å²) in [6, 6.07) is 13.9. The van der Waals surface area contributed by atoms with E-state index < -0.39 is 12.1 Å². The number of benzene rings is 1. The van der Waals surface area contributed by atoms with Crippen LogP contribution in [0, 0.1) is 6.92 Å². The maximum atomic E-state index is 13.0. The Morgan fingerprint density at radius 3 is 2.56 bits per heavy atom. The Morgan fingerprint density at radius 2 is 1.87 bits per heavy atom. The molecular formula is C27H26F3N5O4. The quantitative estimate of drug-likeness (QED) is 0.397. The topological polar surface area (TPSA) is 110 Å². The highest BCUT2D eigenvalue weighted by atomic mass is 19.4. The molecule has 1 aromatic carbocycles. The number of amides is 1. The summed E-state index contributed by atoms with van der Waals surface area (Å²) in [7, 11) is 1.67. The van der Waals surface area contributed by atoms with E-state index in [-0.39, 0.29) is 11.8 Å². The lowest BCUT2D eigenvalue weighted by Crippen LogP contribution is -2.39. The van der Waals surface area contributed by atoms with Crippen molar-refractivity contribution in [2.45, 2.75) is 31.9 Å². The van der Waals surface area contributed by atoms with Gasteiger partial charge in [0.05, 0.1) is 12.7 Å². The van der Waals surface area contributed by atoms with Gasteiger partial charge in [-0.15, -0.1) is 0 Å². The summed E-state index contributed by atoms with van der Waals surface area (Å²) < 4.78 is 38.9. The number of carbonyl (C=O) groups excluding carboxylic acids is 1. The Bertz CT molecular complexity index is 1490. The van der Waals surface area contributed by atoms with E-state index in [1.165, 1.54) is 0 Å². The zero-order chi connectivity index (χ0) is 28.2. The Balaban J connectivity index is 0.000000448. The number of carboxylic acids is 1. The molecule has 0 bridgehead atoms. The second-order valence-electron chi connectivity index (χ2n) is 9.07. The van der Waals surface area contributed by atoms with Gasteiger partial charge in [-0.3, -0.25) is 9.78 Å². The first kappa shape index (κ1) is 27.6. The lowest BCUT2D eigenvalue weighted by Gasteiger charge is -2.31. The number of alkyl halides is 3. The van der Waals surface area contributed by atoms with Crippen LogP contribution in [0.2, 0.25) is 0 Å². The van der Waals surface area contributed by atoms with Crippen molar-refractivity contribution in [3.05, 3.63) is 78.0 Å². The number of aryl methyl sites for hydroxylation is 1. The fourth-order valence-corrected chi connectivity index (χ4v) is 4.27. The molecule has 0 aliphatic carbocycles. The number of piperidine rings is 1. The van der Waals surface area contributed by atoms with Crippen LogP contribution in [0.4, 0.5) is 13.2 Å². The Labute approximate surface area is 221 Å². The number of hydrogen-bond acceptors (Lipinski definition) is 6. The normalized spacial score (nSPS) is 15.4. The molecule has 1 aliphatic rings. The molecule has 1 aliphatic heterocycles. The summed E-state index contributed by atoms with van der Waals surface area (Å²) in [5, 5.41) is 11.9. The zero-order valence-electron chi connectivity index (χ0n) is 21.2. The van der Waals surface area contributed by atoms with Crippen molar-refractivity contribution in [3.63, 3.8) is 0 Å². The van der Waals surface area contributed by atoms with Gasteiger partial charge in [-0.1, -0.05) is 12.1 Å². The van der Waals surface area contributed by atoms with E-state index in [0.29, 0.717) is 12.1 Å². The number of halogens is 3. The maximum Gasteiger partial charge on any atom is 0.490 e. The second kappa shape index (κ2) is 11.5. The van der Waals surface area contributed by atoms with Crippen LogP contribution in [0.5, 0.6) is 5.75 Å². The number of likely N-dealkylation sites (tertiary alicyclic amines) is 1. The average Bonchev–Trinajstić information content (AvgIpc) is 3.36. The number of methoxy groups -OCH3 is 1. The maximum absolute atomic E-state index is 13.0. The number of hydrogen-bond donors (Lipinski definition) is 1. The number of carbonyl (C=O) groups is 2. The molecule has 1 N–H and O–H groups in total. The summed E-state index contributed by atoms with van der Waals surface area (Å²) in [4.78, 5) is 32.7. The Kier molecular flexibility index (Phi) is 8.12. The van der Waals surface area contributed by atoms with E-state index in [1.807, 2.05) is 65.0 Å². The van der Waals surface area contributed by atoms with Gasteiger partial charge >= 0.3 is 12.1 Å².